The van der Waals surface area contributed by atoms with Crippen molar-refractivity contribution in [1.82, 2.24) is 0 Å². The smallest absolute Gasteiger partial charge is 0.0618 e. The average Bonchev–Trinajstić information content (AvgIpc) is 3.35. The molecule has 1 aliphatic rings. The Morgan fingerprint density at radius 1 is 0.604 bits per heavy atom. The number of anilines is 3. The molecular formula is C47H45N. The van der Waals surface area contributed by atoms with E-state index in [1.807, 2.05) is 13.8 Å². The van der Waals surface area contributed by atoms with E-state index in [1.165, 1.54) is 60.6 Å². The zero-order valence-electron chi connectivity index (χ0n) is 28.7. The number of para-hydroxylation sites is 2. The fraction of sp³-hybridized carbons (Fsp3) is 0.149. The molecule has 0 aromatic heterocycles. The molecule has 0 N–H and O–H groups in total. The molecule has 1 nitrogen and oxygen atoms in total. The van der Waals surface area contributed by atoms with Crippen LogP contribution in [-0.2, 0) is 0 Å². The summed E-state index contributed by atoms with van der Waals surface area (Å²) in [7, 11) is 0. The highest BCUT2D eigenvalue weighted by Crippen LogP contribution is 2.48. The Labute approximate surface area is 286 Å². The molecule has 0 bridgehead atoms. The van der Waals surface area contributed by atoms with Gasteiger partial charge >= 0.3 is 0 Å². The maximum absolute atomic E-state index is 2.41. The van der Waals surface area contributed by atoms with E-state index in [-0.39, 0.29) is 0 Å². The third-order valence-electron chi connectivity index (χ3n) is 8.96. The van der Waals surface area contributed by atoms with Gasteiger partial charge in [0.2, 0.25) is 0 Å². The normalized spacial score (nSPS) is 13.0. The van der Waals surface area contributed by atoms with Crippen molar-refractivity contribution in [2.45, 2.75) is 47.0 Å². The summed E-state index contributed by atoms with van der Waals surface area (Å²) in [5.74, 6) is 0. The molecule has 6 aromatic rings. The number of rotatable bonds is 8. The summed E-state index contributed by atoms with van der Waals surface area (Å²) in [6, 6.07) is 48.5. The summed E-state index contributed by atoms with van der Waals surface area (Å²) in [6.07, 6.45) is 14.6. The van der Waals surface area contributed by atoms with Gasteiger partial charge in [0.1, 0.15) is 0 Å². The Morgan fingerprint density at radius 2 is 1.10 bits per heavy atom. The van der Waals surface area contributed by atoms with E-state index in [1.54, 1.807) is 0 Å². The van der Waals surface area contributed by atoms with Gasteiger partial charge in [0, 0.05) is 22.1 Å². The fourth-order valence-electron chi connectivity index (χ4n) is 6.96. The van der Waals surface area contributed by atoms with Gasteiger partial charge in [-0.3, -0.25) is 0 Å². The maximum Gasteiger partial charge on any atom is 0.0618 e. The number of fused-ring (bicyclic) bond motifs is 2. The quantitative estimate of drug-likeness (QED) is 0.152. The minimum Gasteiger partial charge on any atom is -0.309 e. The Balaban J connectivity index is 0.00000197. The van der Waals surface area contributed by atoms with Gasteiger partial charge in [0.05, 0.1) is 5.69 Å². The van der Waals surface area contributed by atoms with E-state index in [9.17, 15) is 0 Å². The minimum atomic E-state index is 1.01. The summed E-state index contributed by atoms with van der Waals surface area (Å²) in [6.45, 7) is 8.39. The Morgan fingerprint density at radius 3 is 1.62 bits per heavy atom. The predicted octanol–water partition coefficient (Wildman–Crippen LogP) is 14.2. The minimum absolute atomic E-state index is 1.01. The Kier molecular flexibility index (Phi) is 10.5. The first-order valence-corrected chi connectivity index (χ1v) is 17.4. The molecule has 7 rings (SSSR count). The SMILES string of the molecule is C/C=C\C1=C(CCC)CC=CC=C1c1ccc(-c2c3ccccc3c(N(c3ccccc3)c3ccccc3)c3ccccc23)cc1.CC. The Hall–Kier alpha value is -5.40. The zero-order valence-corrected chi connectivity index (χ0v) is 28.7. The molecule has 0 fully saturated rings. The van der Waals surface area contributed by atoms with Crippen LogP contribution in [0.4, 0.5) is 17.1 Å². The second-order valence-corrected chi connectivity index (χ2v) is 11.9. The largest absolute Gasteiger partial charge is 0.309 e. The lowest BCUT2D eigenvalue weighted by Gasteiger charge is -2.29. The van der Waals surface area contributed by atoms with Crippen molar-refractivity contribution in [3.05, 3.63) is 181 Å². The van der Waals surface area contributed by atoms with Gasteiger partial charge in [-0.2, -0.15) is 0 Å². The third-order valence-corrected chi connectivity index (χ3v) is 8.96. The molecule has 6 aromatic carbocycles. The maximum atomic E-state index is 2.41. The van der Waals surface area contributed by atoms with Crippen molar-refractivity contribution in [2.75, 3.05) is 4.90 Å². The molecule has 0 saturated carbocycles. The van der Waals surface area contributed by atoms with E-state index in [2.05, 4.69) is 183 Å². The van der Waals surface area contributed by atoms with E-state index < -0.39 is 0 Å². The summed E-state index contributed by atoms with van der Waals surface area (Å²) in [5.41, 5.74) is 11.4. The molecule has 0 heterocycles. The van der Waals surface area contributed by atoms with Crippen molar-refractivity contribution in [1.29, 1.82) is 0 Å². The second kappa shape index (κ2) is 15.5. The highest BCUT2D eigenvalue weighted by molar-refractivity contribution is 6.22. The van der Waals surface area contributed by atoms with E-state index in [0.29, 0.717) is 0 Å². The van der Waals surface area contributed by atoms with Crippen LogP contribution in [0.5, 0.6) is 0 Å². The van der Waals surface area contributed by atoms with Crippen LogP contribution in [0, 0.1) is 0 Å². The molecule has 0 spiro atoms. The lowest BCUT2D eigenvalue weighted by atomic mass is 9.87. The van der Waals surface area contributed by atoms with Gasteiger partial charge in [-0.1, -0.05) is 172 Å². The first kappa shape index (κ1) is 32.5. The van der Waals surface area contributed by atoms with E-state index in [4.69, 9.17) is 0 Å². The molecule has 0 aliphatic heterocycles. The van der Waals surface area contributed by atoms with Gasteiger partial charge in [-0.05, 0) is 82.6 Å². The van der Waals surface area contributed by atoms with E-state index in [0.717, 1.165) is 30.6 Å². The highest BCUT2D eigenvalue weighted by atomic mass is 15.1. The number of hydrogen-bond donors (Lipinski definition) is 0. The molecule has 1 aliphatic carbocycles. The van der Waals surface area contributed by atoms with Crippen LogP contribution in [0.1, 0.15) is 52.5 Å². The molecule has 0 amide bonds. The van der Waals surface area contributed by atoms with Gasteiger partial charge in [-0.15, -0.1) is 0 Å². The lowest BCUT2D eigenvalue weighted by molar-refractivity contribution is 0.875. The van der Waals surface area contributed by atoms with Gasteiger partial charge in [0.15, 0.2) is 0 Å². The number of nitrogens with zero attached hydrogens (tertiary/aromatic N) is 1. The van der Waals surface area contributed by atoms with Crippen LogP contribution in [0.2, 0.25) is 0 Å². The summed E-state index contributed by atoms with van der Waals surface area (Å²) >= 11 is 0. The van der Waals surface area contributed by atoms with Gasteiger partial charge < -0.3 is 4.90 Å². The summed E-state index contributed by atoms with van der Waals surface area (Å²) in [4.78, 5) is 2.41. The fourth-order valence-corrected chi connectivity index (χ4v) is 6.96. The molecule has 238 valence electrons. The molecule has 0 atom stereocenters. The van der Waals surface area contributed by atoms with Crippen molar-refractivity contribution in [3.8, 4) is 11.1 Å². The topological polar surface area (TPSA) is 3.24 Å². The number of benzene rings is 6. The van der Waals surface area contributed by atoms with Crippen molar-refractivity contribution < 1.29 is 0 Å². The van der Waals surface area contributed by atoms with Crippen molar-refractivity contribution in [2.24, 2.45) is 0 Å². The standard InChI is InChI=1S/C45H39N.C2H6/c1-3-17-33-19-11-12-24-39(38(33)18-4-2)34-29-31-35(32-30-34)44-40-25-13-15-27-42(40)45(43-28-16-14-26-41(43)44)46(36-20-7-5-8-21-36)37-22-9-6-10-23-37;1-2/h4-16,18,20-32H,3,17,19H2,1-2H3;1-2H3/b18-4-;. The molecule has 0 radical (unpaired) electrons. The number of allylic oxidation sites excluding steroid dienone is 8. The van der Waals surface area contributed by atoms with Gasteiger partial charge in [0.25, 0.3) is 0 Å². The zero-order chi connectivity index (χ0) is 33.3. The molecule has 0 saturated heterocycles. The number of hydrogen-bond acceptors (Lipinski definition) is 1. The highest BCUT2D eigenvalue weighted by Gasteiger charge is 2.22. The second-order valence-electron chi connectivity index (χ2n) is 11.9. The van der Waals surface area contributed by atoms with Crippen LogP contribution in [0.3, 0.4) is 0 Å². The van der Waals surface area contributed by atoms with Crippen LogP contribution in [-0.4, -0.2) is 0 Å². The van der Waals surface area contributed by atoms with E-state index >= 15 is 0 Å². The van der Waals surface area contributed by atoms with Crippen LogP contribution >= 0.6 is 0 Å². The van der Waals surface area contributed by atoms with Crippen molar-refractivity contribution in [3.63, 3.8) is 0 Å². The first-order chi connectivity index (χ1) is 23.8. The van der Waals surface area contributed by atoms with Crippen LogP contribution in [0.25, 0.3) is 38.2 Å². The predicted molar refractivity (Wildman–Crippen MR) is 211 cm³/mol. The molecule has 48 heavy (non-hydrogen) atoms. The summed E-state index contributed by atoms with van der Waals surface area (Å²) < 4.78 is 0. The molecular weight excluding hydrogens is 579 g/mol. The van der Waals surface area contributed by atoms with Crippen molar-refractivity contribution >= 4 is 44.2 Å². The summed E-state index contributed by atoms with van der Waals surface area (Å²) in [5, 5.41) is 4.95. The van der Waals surface area contributed by atoms with Crippen LogP contribution < -0.4 is 4.90 Å². The average molecular weight is 624 g/mol. The lowest BCUT2D eigenvalue weighted by Crippen LogP contribution is -2.11. The van der Waals surface area contributed by atoms with Crippen LogP contribution in [0.15, 0.2) is 175 Å². The Bertz CT molecular complexity index is 2010. The third kappa shape index (κ3) is 6.42. The first-order valence-electron chi connectivity index (χ1n) is 17.4. The monoisotopic (exact) mass is 623 g/mol. The molecule has 1 heteroatoms. The molecule has 0 unspecified atom stereocenters. The van der Waals surface area contributed by atoms with Gasteiger partial charge in [-0.25, -0.2) is 0 Å².